The number of allylic oxidation sites excluding steroid dienone is 1. The smallest absolute Gasteiger partial charge is 0.267 e. The molecule has 0 unspecified atom stereocenters. The van der Waals surface area contributed by atoms with E-state index in [1.165, 1.54) is 12.8 Å². The van der Waals surface area contributed by atoms with Gasteiger partial charge in [0, 0.05) is 0 Å². The van der Waals surface area contributed by atoms with Crippen molar-refractivity contribution in [1.29, 1.82) is 0 Å². The standard InChI is InChI=1S/C10H20O3S/c1-3-5-6-7-8-9-10-14(11,12)13-4-2/h9-10H,3-8H2,1-2H3. The molecule has 84 valence electrons. The van der Waals surface area contributed by atoms with Crippen molar-refractivity contribution in [1.82, 2.24) is 0 Å². The Morgan fingerprint density at radius 2 is 1.86 bits per heavy atom. The predicted octanol–water partition coefficient (Wildman–Crippen LogP) is 2.84. The predicted molar refractivity (Wildman–Crippen MR) is 58.4 cm³/mol. The molecule has 0 saturated carbocycles. The SMILES string of the molecule is CCCCCCC=CS(=O)(=O)OCC. The highest BCUT2D eigenvalue weighted by Gasteiger charge is 2.01. The van der Waals surface area contributed by atoms with Gasteiger partial charge in [-0.25, -0.2) is 0 Å². The first kappa shape index (κ1) is 13.7. The fourth-order valence-electron chi connectivity index (χ4n) is 1.08. The molecule has 3 nitrogen and oxygen atoms in total. The molecule has 0 aliphatic heterocycles. The van der Waals surface area contributed by atoms with E-state index in [9.17, 15) is 8.42 Å². The summed E-state index contributed by atoms with van der Waals surface area (Å²) in [5.41, 5.74) is 0. The van der Waals surface area contributed by atoms with Crippen molar-refractivity contribution in [3.63, 3.8) is 0 Å². The highest BCUT2D eigenvalue weighted by molar-refractivity contribution is 7.89. The summed E-state index contributed by atoms with van der Waals surface area (Å²) in [6.45, 7) is 4.00. The summed E-state index contributed by atoms with van der Waals surface area (Å²) in [7, 11) is -3.40. The minimum atomic E-state index is -3.40. The van der Waals surface area contributed by atoms with Crippen LogP contribution < -0.4 is 0 Å². The summed E-state index contributed by atoms with van der Waals surface area (Å²) in [5.74, 6) is 0. The molecular formula is C10H20O3S. The molecule has 0 aromatic heterocycles. The maximum absolute atomic E-state index is 11.0. The topological polar surface area (TPSA) is 43.4 Å². The van der Waals surface area contributed by atoms with Crippen molar-refractivity contribution in [2.45, 2.75) is 46.0 Å². The van der Waals surface area contributed by atoms with Crippen molar-refractivity contribution >= 4 is 10.1 Å². The second-order valence-corrected chi connectivity index (χ2v) is 4.61. The Labute approximate surface area is 87.3 Å². The van der Waals surface area contributed by atoms with E-state index in [0.29, 0.717) is 0 Å². The van der Waals surface area contributed by atoms with E-state index >= 15 is 0 Å². The average molecular weight is 220 g/mol. The van der Waals surface area contributed by atoms with Crippen molar-refractivity contribution in [3.05, 3.63) is 11.5 Å². The maximum atomic E-state index is 11.0. The van der Waals surface area contributed by atoms with Crippen molar-refractivity contribution in [2.75, 3.05) is 6.61 Å². The minimum absolute atomic E-state index is 0.197. The molecule has 0 atom stereocenters. The zero-order valence-electron chi connectivity index (χ0n) is 9.03. The average Bonchev–Trinajstić information content (AvgIpc) is 2.11. The van der Waals surface area contributed by atoms with Crippen molar-refractivity contribution in [3.8, 4) is 0 Å². The summed E-state index contributed by atoms with van der Waals surface area (Å²) in [6, 6.07) is 0. The fraction of sp³-hybridized carbons (Fsp3) is 0.800. The van der Waals surface area contributed by atoms with Gasteiger partial charge in [-0.3, -0.25) is 4.18 Å². The molecule has 14 heavy (non-hydrogen) atoms. The van der Waals surface area contributed by atoms with Gasteiger partial charge in [0.1, 0.15) is 0 Å². The highest BCUT2D eigenvalue weighted by atomic mass is 32.2. The van der Waals surface area contributed by atoms with Crippen LogP contribution in [0.3, 0.4) is 0 Å². The molecule has 0 N–H and O–H groups in total. The molecule has 0 spiro atoms. The first-order valence-electron chi connectivity index (χ1n) is 5.18. The normalized spacial score (nSPS) is 12.4. The largest absolute Gasteiger partial charge is 0.289 e. The van der Waals surface area contributed by atoms with E-state index < -0.39 is 10.1 Å². The molecule has 0 saturated heterocycles. The number of hydrogen-bond donors (Lipinski definition) is 0. The lowest BCUT2D eigenvalue weighted by atomic mass is 10.2. The molecule has 0 aliphatic rings. The van der Waals surface area contributed by atoms with Crippen LogP contribution in [0.25, 0.3) is 0 Å². The quantitative estimate of drug-likeness (QED) is 0.466. The van der Waals surface area contributed by atoms with Gasteiger partial charge in [0.05, 0.1) is 12.0 Å². The van der Waals surface area contributed by atoms with Gasteiger partial charge in [-0.2, -0.15) is 8.42 Å². The van der Waals surface area contributed by atoms with Crippen LogP contribution >= 0.6 is 0 Å². The third kappa shape index (κ3) is 8.26. The van der Waals surface area contributed by atoms with Crippen LogP contribution in [0.15, 0.2) is 11.5 Å². The van der Waals surface area contributed by atoms with Crippen LogP contribution in [0.5, 0.6) is 0 Å². The molecule has 0 aromatic carbocycles. The van der Waals surface area contributed by atoms with Gasteiger partial charge in [0.15, 0.2) is 0 Å². The van der Waals surface area contributed by atoms with Gasteiger partial charge >= 0.3 is 0 Å². The third-order valence-corrected chi connectivity index (χ3v) is 2.86. The van der Waals surface area contributed by atoms with E-state index in [4.69, 9.17) is 0 Å². The molecule has 0 amide bonds. The molecule has 0 aliphatic carbocycles. The van der Waals surface area contributed by atoms with Gasteiger partial charge in [0.25, 0.3) is 10.1 Å². The van der Waals surface area contributed by atoms with Crippen LogP contribution in [-0.2, 0) is 14.3 Å². The lowest BCUT2D eigenvalue weighted by Gasteiger charge is -1.96. The van der Waals surface area contributed by atoms with Gasteiger partial charge in [0.2, 0.25) is 0 Å². The Morgan fingerprint density at radius 3 is 2.43 bits per heavy atom. The molecule has 4 heteroatoms. The molecule has 0 radical (unpaired) electrons. The van der Waals surface area contributed by atoms with Crippen LogP contribution in [0, 0.1) is 0 Å². The van der Waals surface area contributed by atoms with E-state index in [0.717, 1.165) is 24.7 Å². The van der Waals surface area contributed by atoms with Gasteiger partial charge < -0.3 is 0 Å². The number of hydrogen-bond acceptors (Lipinski definition) is 3. The Bertz CT molecular complexity index is 242. The maximum Gasteiger partial charge on any atom is 0.289 e. The fourth-order valence-corrected chi connectivity index (χ4v) is 1.86. The second kappa shape index (κ2) is 8.00. The molecule has 0 fully saturated rings. The molecule has 0 rings (SSSR count). The van der Waals surface area contributed by atoms with Crippen LogP contribution in [0.4, 0.5) is 0 Å². The lowest BCUT2D eigenvalue weighted by Crippen LogP contribution is -2.00. The van der Waals surface area contributed by atoms with E-state index in [2.05, 4.69) is 11.1 Å². The minimum Gasteiger partial charge on any atom is -0.267 e. The number of unbranched alkanes of at least 4 members (excludes halogenated alkanes) is 4. The zero-order chi connectivity index (χ0) is 10.9. The van der Waals surface area contributed by atoms with Crippen molar-refractivity contribution < 1.29 is 12.6 Å². The number of rotatable bonds is 8. The molecule has 0 aromatic rings. The Hall–Kier alpha value is -0.350. The summed E-state index contributed by atoms with van der Waals surface area (Å²) < 4.78 is 26.6. The van der Waals surface area contributed by atoms with E-state index in [-0.39, 0.29) is 6.61 Å². The third-order valence-electron chi connectivity index (χ3n) is 1.77. The summed E-state index contributed by atoms with van der Waals surface area (Å²) in [5, 5.41) is 1.16. The Balaban J connectivity index is 3.61. The van der Waals surface area contributed by atoms with E-state index in [1.807, 2.05) is 0 Å². The van der Waals surface area contributed by atoms with Gasteiger partial charge in [-0.05, 0) is 19.8 Å². The van der Waals surface area contributed by atoms with Gasteiger partial charge in [-0.15, -0.1) is 0 Å². The first-order chi connectivity index (χ1) is 6.62. The molecule has 0 heterocycles. The summed E-state index contributed by atoms with van der Waals surface area (Å²) in [4.78, 5) is 0. The van der Waals surface area contributed by atoms with Crippen molar-refractivity contribution in [2.24, 2.45) is 0 Å². The van der Waals surface area contributed by atoms with E-state index in [1.54, 1.807) is 13.0 Å². The Morgan fingerprint density at radius 1 is 1.14 bits per heavy atom. The second-order valence-electron chi connectivity index (χ2n) is 3.12. The Kier molecular flexibility index (Phi) is 7.80. The lowest BCUT2D eigenvalue weighted by molar-refractivity contribution is 0.344. The molecule has 0 bridgehead atoms. The van der Waals surface area contributed by atoms with Gasteiger partial charge in [-0.1, -0.05) is 32.3 Å². The highest BCUT2D eigenvalue weighted by Crippen LogP contribution is 2.04. The monoisotopic (exact) mass is 220 g/mol. The van der Waals surface area contributed by atoms with Crippen LogP contribution in [0.2, 0.25) is 0 Å². The first-order valence-corrected chi connectivity index (χ1v) is 6.65. The van der Waals surface area contributed by atoms with Crippen LogP contribution in [-0.4, -0.2) is 15.0 Å². The summed E-state index contributed by atoms with van der Waals surface area (Å²) in [6.07, 6.45) is 7.10. The zero-order valence-corrected chi connectivity index (χ0v) is 9.85. The van der Waals surface area contributed by atoms with Crippen LogP contribution in [0.1, 0.15) is 46.0 Å². The summed E-state index contributed by atoms with van der Waals surface area (Å²) >= 11 is 0. The molecular weight excluding hydrogens is 200 g/mol.